The lowest BCUT2D eigenvalue weighted by Gasteiger charge is -2.41. The van der Waals surface area contributed by atoms with Gasteiger partial charge in [-0.1, -0.05) is 89.2 Å². The maximum Gasteiger partial charge on any atom is 0.308 e. The third-order valence-corrected chi connectivity index (χ3v) is 16.4. The molecule has 0 spiro atoms. The molecule has 2 aliphatic rings. The van der Waals surface area contributed by atoms with Gasteiger partial charge in [-0.3, -0.25) is 24.0 Å². The number of aromatic nitrogens is 2. The van der Waals surface area contributed by atoms with Gasteiger partial charge >= 0.3 is 5.97 Å². The van der Waals surface area contributed by atoms with Gasteiger partial charge < -0.3 is 63.7 Å². The van der Waals surface area contributed by atoms with Crippen molar-refractivity contribution in [3.05, 3.63) is 137 Å². The van der Waals surface area contributed by atoms with Gasteiger partial charge in [0, 0.05) is 49.4 Å². The molecule has 2 saturated heterocycles. The van der Waals surface area contributed by atoms with Crippen molar-refractivity contribution in [2.45, 2.75) is 163 Å². The number of nitrogens with zero attached hydrogens (tertiary/aromatic N) is 3. The molecular formula is C70H89FN6O13S. The van der Waals surface area contributed by atoms with Crippen molar-refractivity contribution in [3.8, 4) is 38.6 Å². The Balaban J connectivity index is 0.787. The number of esters is 1. The number of aliphatic hydroxyl groups excluding tert-OH is 1. The Kier molecular flexibility index (Phi) is 23.9. The van der Waals surface area contributed by atoms with E-state index in [2.05, 4.69) is 39.3 Å². The summed E-state index contributed by atoms with van der Waals surface area (Å²) in [5, 5.41) is 19.5. The van der Waals surface area contributed by atoms with E-state index < -0.39 is 52.9 Å². The molecule has 5 atom stereocenters. The number of β-amino-alcohol motifs (C(OH)–C–C–N with tert-alkyl or cyclic N) is 1. The Morgan fingerprint density at radius 2 is 1.43 bits per heavy atom. The Morgan fingerprint density at radius 3 is 2.05 bits per heavy atom. The van der Waals surface area contributed by atoms with E-state index in [1.807, 2.05) is 117 Å². The smallest absolute Gasteiger partial charge is 0.308 e. The van der Waals surface area contributed by atoms with Crippen molar-refractivity contribution < 1.29 is 66.6 Å². The minimum absolute atomic E-state index is 0.0395. The Hall–Kier alpha value is -7.37. The Bertz CT molecular complexity index is 3390. The lowest BCUT2D eigenvalue weighted by atomic mass is 9.85. The molecule has 0 saturated carbocycles. The van der Waals surface area contributed by atoms with Crippen molar-refractivity contribution >= 4 is 46.6 Å². The zero-order valence-electron chi connectivity index (χ0n) is 54.2. The fourth-order valence-corrected chi connectivity index (χ4v) is 12.3. The highest BCUT2D eigenvalue weighted by atomic mass is 32.1. The highest BCUT2D eigenvalue weighted by Gasteiger charge is 2.45. The van der Waals surface area contributed by atoms with Crippen molar-refractivity contribution in [2.75, 3.05) is 58.1 Å². The number of carbonyl (C=O) groups excluding carboxylic acids is 5. The molecule has 4 aromatic carbocycles. The maximum absolute atomic E-state index is 15.0. The monoisotopic (exact) mass is 1270 g/mol. The van der Waals surface area contributed by atoms with Crippen LogP contribution >= 0.6 is 11.3 Å². The van der Waals surface area contributed by atoms with E-state index in [0.29, 0.717) is 42.0 Å². The summed E-state index contributed by atoms with van der Waals surface area (Å²) < 4.78 is 58.0. The summed E-state index contributed by atoms with van der Waals surface area (Å²) in [7, 11) is 0. The summed E-state index contributed by atoms with van der Waals surface area (Å²) in [5.41, 5.74) is 8.17. The van der Waals surface area contributed by atoms with Crippen LogP contribution in [0.5, 0.6) is 5.75 Å². The molecule has 0 aliphatic carbocycles. The zero-order chi connectivity index (χ0) is 65.6. The number of carbonyl (C=O) groups is 5. The van der Waals surface area contributed by atoms with Crippen molar-refractivity contribution in [3.63, 3.8) is 0 Å². The summed E-state index contributed by atoms with van der Waals surface area (Å²) in [6.45, 7) is 22.4. The van der Waals surface area contributed by atoms with Gasteiger partial charge in [0.1, 0.15) is 42.5 Å². The summed E-state index contributed by atoms with van der Waals surface area (Å²) in [4.78, 5) is 75.4. The first-order chi connectivity index (χ1) is 43.2. The Morgan fingerprint density at radius 1 is 0.791 bits per heavy atom. The normalized spacial score (nSPS) is 17.8. The quantitative estimate of drug-likeness (QED) is 0.0265. The first-order valence-corrected chi connectivity index (χ1v) is 32.1. The number of nitrogens with one attached hydrogen (secondary N) is 3. The van der Waals surface area contributed by atoms with Crippen LogP contribution in [0.25, 0.3) is 32.8 Å². The molecule has 2 aromatic heterocycles. The standard InChI is InChI=1S/C70H89FN6O13S/c1-44(2)61-60(59(47-15-13-12-14-16-47)62(48-21-23-50(71)24-22-48)76(61)30-29-54-38-55(89-70(10,11)88-54)39-58(80)90-69(7,8)9)66(82)74-51-25-27-53(28-26-51)87-36-35-85-32-31-84-33-34-86-42-57(79)75-64(68(4,5)6)67(83)77-41-52(78)37-56(77)65(81)72-40-46-17-19-49(20-18-46)63-45(3)73-43-91-63/h12-28,43-44,52,54-56,64,78H,29-42H2,1-11H3,(H,72,81)(H,74,82)(H,75,79)/t52-,54-,55-,56+,64?/m1/s1. The van der Waals surface area contributed by atoms with Gasteiger partial charge in [-0.15, -0.1) is 11.3 Å². The number of anilines is 1. The van der Waals surface area contributed by atoms with Gasteiger partial charge in [0.15, 0.2) is 5.79 Å². The molecule has 6 aromatic rings. The molecule has 4 N–H and O–H groups in total. The number of hydrogen-bond acceptors (Lipinski definition) is 15. The third-order valence-electron chi connectivity index (χ3n) is 15.5. The number of hydrogen-bond donors (Lipinski definition) is 4. The minimum Gasteiger partial charge on any atom is -0.491 e. The molecule has 490 valence electrons. The van der Waals surface area contributed by atoms with Crippen molar-refractivity contribution in [2.24, 2.45) is 5.41 Å². The molecular weight excluding hydrogens is 1180 g/mol. The average molecular weight is 1270 g/mol. The largest absolute Gasteiger partial charge is 0.491 e. The van der Waals surface area contributed by atoms with E-state index in [-0.39, 0.29) is 108 Å². The van der Waals surface area contributed by atoms with Crippen LogP contribution in [0.3, 0.4) is 0 Å². The predicted molar refractivity (Wildman–Crippen MR) is 347 cm³/mol. The molecule has 0 bridgehead atoms. The first-order valence-electron chi connectivity index (χ1n) is 31.2. The summed E-state index contributed by atoms with van der Waals surface area (Å²) in [5.74, 6) is -2.95. The highest BCUT2D eigenvalue weighted by molar-refractivity contribution is 7.13. The van der Waals surface area contributed by atoms with Crippen LogP contribution < -0.4 is 20.7 Å². The van der Waals surface area contributed by atoms with Crippen LogP contribution in [0.2, 0.25) is 0 Å². The number of aryl methyl sites for hydroxylation is 1. The third kappa shape index (κ3) is 19.6. The fraction of sp³-hybridized carbons (Fsp3) is 0.486. The number of aliphatic hydroxyl groups is 1. The number of thiazole rings is 1. The van der Waals surface area contributed by atoms with Gasteiger partial charge in [-0.25, -0.2) is 9.37 Å². The molecule has 19 nitrogen and oxygen atoms in total. The average Bonchev–Trinajstić information content (AvgIpc) is 1.59. The second-order valence-electron chi connectivity index (χ2n) is 25.9. The maximum atomic E-state index is 15.0. The van der Waals surface area contributed by atoms with E-state index >= 15 is 0 Å². The summed E-state index contributed by atoms with van der Waals surface area (Å²) in [6.07, 6.45) is -0.496. The Labute approximate surface area is 537 Å². The lowest BCUT2D eigenvalue weighted by Crippen LogP contribution is -2.58. The van der Waals surface area contributed by atoms with Gasteiger partial charge in [0.25, 0.3) is 5.91 Å². The zero-order valence-corrected chi connectivity index (χ0v) is 55.0. The molecule has 4 amide bonds. The molecule has 21 heteroatoms. The van der Waals surface area contributed by atoms with Gasteiger partial charge in [0.05, 0.1) is 85.1 Å². The van der Waals surface area contributed by atoms with E-state index in [9.17, 15) is 33.5 Å². The van der Waals surface area contributed by atoms with Crippen molar-refractivity contribution in [1.29, 1.82) is 0 Å². The first kappa shape index (κ1) is 69.5. The molecule has 2 fully saturated rings. The topological polar surface area (TPSA) is 227 Å². The number of benzene rings is 4. The predicted octanol–water partition coefficient (Wildman–Crippen LogP) is 11.0. The van der Waals surface area contributed by atoms with Crippen LogP contribution in [-0.4, -0.2) is 144 Å². The molecule has 91 heavy (non-hydrogen) atoms. The van der Waals surface area contributed by atoms with Gasteiger partial charge in [0.2, 0.25) is 17.7 Å². The van der Waals surface area contributed by atoms with Crippen LogP contribution in [0, 0.1) is 18.2 Å². The highest BCUT2D eigenvalue weighted by Crippen LogP contribution is 2.44. The molecule has 2 aliphatic heterocycles. The van der Waals surface area contributed by atoms with E-state index in [1.165, 1.54) is 17.0 Å². The minimum atomic E-state index is -0.999. The number of likely N-dealkylation sites (tertiary alicyclic amines) is 1. The number of halogens is 1. The number of amides is 4. The van der Waals surface area contributed by atoms with E-state index in [4.69, 9.17) is 33.2 Å². The lowest BCUT2D eigenvalue weighted by molar-refractivity contribution is -0.301. The van der Waals surface area contributed by atoms with E-state index in [0.717, 1.165) is 44.2 Å². The summed E-state index contributed by atoms with van der Waals surface area (Å²) >= 11 is 1.56. The van der Waals surface area contributed by atoms with Crippen LogP contribution in [-0.2, 0) is 60.7 Å². The summed E-state index contributed by atoms with van der Waals surface area (Å²) in [6, 6.07) is 29.0. The SMILES string of the molecule is Cc1ncsc1-c1ccc(CNC(=O)[C@@H]2C[C@@H](O)CN2C(=O)C(NC(=O)COCCOCCOCCOc2ccc(NC(=O)c3c(-c4ccccc4)c(-c4ccc(F)cc4)n(CC[C@@H]4C[C@H](CC(=O)OC(C)(C)C)OC(C)(C)O4)c3C(C)C)cc2)C(C)(C)C)cc1. The van der Waals surface area contributed by atoms with Crippen LogP contribution in [0.1, 0.15) is 128 Å². The number of rotatable bonds is 28. The second-order valence-corrected chi connectivity index (χ2v) is 26.8. The van der Waals surface area contributed by atoms with Crippen LogP contribution in [0.4, 0.5) is 10.1 Å². The number of ether oxygens (including phenoxy) is 7. The molecule has 0 radical (unpaired) electrons. The van der Waals surface area contributed by atoms with Crippen molar-refractivity contribution in [1.82, 2.24) is 25.1 Å². The van der Waals surface area contributed by atoms with Gasteiger partial charge in [-0.2, -0.15) is 0 Å². The molecule has 1 unspecified atom stereocenters. The van der Waals surface area contributed by atoms with Crippen LogP contribution in [0.15, 0.2) is 109 Å². The fourth-order valence-electron chi connectivity index (χ4n) is 11.5. The van der Waals surface area contributed by atoms with Gasteiger partial charge in [-0.05, 0) is 130 Å². The molecule has 4 heterocycles. The van der Waals surface area contributed by atoms with E-state index in [1.54, 1.807) is 53.2 Å². The molecule has 8 rings (SSSR count). The second kappa shape index (κ2) is 31.3.